The lowest BCUT2D eigenvalue weighted by Crippen LogP contribution is -2.28. The standard InChI is InChI=1S/C14H15F3NO2/c15-14(16,17)10-2-1-3-11(8-10)18-13(20)9-4-6-12(19)7-5-9/h1-2,8-9,12,19H,4-7H2,(H,18,20). The first kappa shape index (κ1) is 14.8. The van der Waals surface area contributed by atoms with Crippen LogP contribution in [-0.2, 0) is 11.0 Å². The van der Waals surface area contributed by atoms with Crippen molar-refractivity contribution in [2.75, 3.05) is 5.32 Å². The number of amides is 1. The van der Waals surface area contributed by atoms with E-state index >= 15 is 0 Å². The number of halogens is 3. The fourth-order valence-electron chi connectivity index (χ4n) is 2.29. The van der Waals surface area contributed by atoms with Crippen LogP contribution in [0.4, 0.5) is 18.9 Å². The van der Waals surface area contributed by atoms with Gasteiger partial charge in [0.2, 0.25) is 5.91 Å². The number of aliphatic hydroxyl groups is 1. The smallest absolute Gasteiger partial charge is 0.393 e. The number of benzene rings is 1. The Morgan fingerprint density at radius 3 is 2.55 bits per heavy atom. The Bertz CT molecular complexity index is 480. The maximum Gasteiger partial charge on any atom is 0.416 e. The van der Waals surface area contributed by atoms with E-state index in [9.17, 15) is 23.1 Å². The zero-order valence-corrected chi connectivity index (χ0v) is 10.7. The van der Waals surface area contributed by atoms with E-state index in [1.165, 1.54) is 0 Å². The molecule has 1 saturated carbocycles. The highest BCUT2D eigenvalue weighted by Gasteiger charge is 2.31. The first-order valence-electron chi connectivity index (χ1n) is 6.44. The number of aliphatic hydroxyl groups excluding tert-OH is 1. The van der Waals surface area contributed by atoms with E-state index in [0.29, 0.717) is 25.7 Å². The van der Waals surface area contributed by atoms with Crippen LogP contribution in [0.5, 0.6) is 0 Å². The fraction of sp³-hybridized carbons (Fsp3) is 0.500. The van der Waals surface area contributed by atoms with E-state index in [4.69, 9.17) is 0 Å². The third-order valence-electron chi connectivity index (χ3n) is 3.45. The molecular weight excluding hydrogens is 271 g/mol. The van der Waals surface area contributed by atoms with Crippen LogP contribution in [0.3, 0.4) is 0 Å². The van der Waals surface area contributed by atoms with Gasteiger partial charge < -0.3 is 10.4 Å². The van der Waals surface area contributed by atoms with Crippen molar-refractivity contribution in [3.63, 3.8) is 0 Å². The summed E-state index contributed by atoms with van der Waals surface area (Å²) in [6.07, 6.45) is -2.63. The van der Waals surface area contributed by atoms with Crippen LogP contribution in [0.2, 0.25) is 0 Å². The lowest BCUT2D eigenvalue weighted by molar-refractivity contribution is -0.137. The Kier molecular flexibility index (Phi) is 4.32. The van der Waals surface area contributed by atoms with Gasteiger partial charge in [0.1, 0.15) is 0 Å². The van der Waals surface area contributed by atoms with E-state index < -0.39 is 11.7 Å². The molecule has 1 aliphatic carbocycles. The van der Waals surface area contributed by atoms with Gasteiger partial charge in [0.05, 0.1) is 11.7 Å². The number of nitrogens with one attached hydrogen (secondary N) is 1. The Morgan fingerprint density at radius 2 is 1.95 bits per heavy atom. The van der Waals surface area contributed by atoms with Crippen LogP contribution < -0.4 is 5.32 Å². The van der Waals surface area contributed by atoms with Crippen LogP contribution in [-0.4, -0.2) is 17.1 Å². The molecule has 1 aromatic carbocycles. The molecule has 109 valence electrons. The molecule has 1 aromatic rings. The minimum atomic E-state index is -4.44. The minimum absolute atomic E-state index is 0.0240. The summed E-state index contributed by atoms with van der Waals surface area (Å²) in [7, 11) is 0. The highest BCUT2D eigenvalue weighted by molar-refractivity contribution is 5.92. The first-order chi connectivity index (χ1) is 9.36. The molecule has 1 aliphatic rings. The molecule has 0 aliphatic heterocycles. The SMILES string of the molecule is O=C(Nc1[c]ccc(C(F)(F)F)c1)C1CCC(O)CC1. The van der Waals surface area contributed by atoms with Gasteiger partial charge in [-0.2, -0.15) is 13.2 Å². The van der Waals surface area contributed by atoms with Crippen molar-refractivity contribution in [3.8, 4) is 0 Å². The fourth-order valence-corrected chi connectivity index (χ4v) is 2.29. The van der Waals surface area contributed by atoms with Crippen molar-refractivity contribution in [2.45, 2.75) is 38.0 Å². The largest absolute Gasteiger partial charge is 0.416 e. The van der Waals surface area contributed by atoms with Gasteiger partial charge in [-0.15, -0.1) is 0 Å². The number of hydrogen-bond donors (Lipinski definition) is 2. The maximum atomic E-state index is 12.5. The summed E-state index contributed by atoms with van der Waals surface area (Å²) in [6.45, 7) is 0. The summed E-state index contributed by atoms with van der Waals surface area (Å²) in [4.78, 5) is 11.9. The topological polar surface area (TPSA) is 49.3 Å². The number of hydrogen-bond acceptors (Lipinski definition) is 2. The van der Waals surface area contributed by atoms with Crippen molar-refractivity contribution in [1.29, 1.82) is 0 Å². The van der Waals surface area contributed by atoms with Gasteiger partial charge in [0.15, 0.2) is 0 Å². The van der Waals surface area contributed by atoms with Gasteiger partial charge in [0, 0.05) is 17.7 Å². The zero-order valence-electron chi connectivity index (χ0n) is 10.7. The molecule has 1 radical (unpaired) electrons. The highest BCUT2D eigenvalue weighted by Crippen LogP contribution is 2.31. The summed E-state index contributed by atoms with van der Waals surface area (Å²) in [6, 6.07) is 5.50. The van der Waals surface area contributed by atoms with Crippen molar-refractivity contribution in [1.82, 2.24) is 0 Å². The second kappa shape index (κ2) is 5.83. The van der Waals surface area contributed by atoms with E-state index in [1.807, 2.05) is 0 Å². The van der Waals surface area contributed by atoms with Crippen molar-refractivity contribution in [2.24, 2.45) is 5.92 Å². The summed E-state index contributed by atoms with van der Waals surface area (Å²) < 4.78 is 37.6. The third kappa shape index (κ3) is 3.72. The van der Waals surface area contributed by atoms with Crippen LogP contribution in [0.1, 0.15) is 31.2 Å². The molecule has 6 heteroatoms. The summed E-state index contributed by atoms with van der Waals surface area (Å²) in [5.41, 5.74) is -0.790. The summed E-state index contributed by atoms with van der Waals surface area (Å²) in [5, 5.41) is 11.8. The molecule has 0 unspecified atom stereocenters. The van der Waals surface area contributed by atoms with Gasteiger partial charge in [-0.1, -0.05) is 6.07 Å². The first-order valence-corrected chi connectivity index (χ1v) is 6.44. The molecule has 1 fully saturated rings. The Hall–Kier alpha value is -1.56. The third-order valence-corrected chi connectivity index (χ3v) is 3.45. The molecule has 0 spiro atoms. The Morgan fingerprint density at radius 1 is 1.30 bits per heavy atom. The average molecular weight is 286 g/mol. The number of rotatable bonds is 2. The molecule has 1 amide bonds. The molecule has 2 N–H and O–H groups in total. The number of anilines is 1. The lowest BCUT2D eigenvalue weighted by Gasteiger charge is -2.24. The van der Waals surface area contributed by atoms with Crippen LogP contribution >= 0.6 is 0 Å². The van der Waals surface area contributed by atoms with Crippen molar-refractivity contribution < 1.29 is 23.1 Å². The second-order valence-corrected chi connectivity index (χ2v) is 4.98. The molecule has 0 saturated heterocycles. The molecule has 0 heterocycles. The Balaban J connectivity index is 2.01. The molecule has 2 rings (SSSR count). The predicted molar refractivity (Wildman–Crippen MR) is 66.9 cm³/mol. The van der Waals surface area contributed by atoms with Gasteiger partial charge >= 0.3 is 6.18 Å². The van der Waals surface area contributed by atoms with E-state index in [0.717, 1.165) is 18.2 Å². The number of carbonyl (C=O) groups is 1. The van der Waals surface area contributed by atoms with E-state index in [1.54, 1.807) is 0 Å². The monoisotopic (exact) mass is 286 g/mol. The molecule has 0 atom stereocenters. The normalized spacial score (nSPS) is 23.4. The van der Waals surface area contributed by atoms with Gasteiger partial charge in [-0.05, 0) is 37.8 Å². The van der Waals surface area contributed by atoms with Gasteiger partial charge in [-0.3, -0.25) is 4.79 Å². The molecule has 0 bridgehead atoms. The molecular formula is C14H15F3NO2. The number of carbonyl (C=O) groups excluding carboxylic acids is 1. The zero-order chi connectivity index (χ0) is 14.8. The van der Waals surface area contributed by atoms with Gasteiger partial charge in [0.25, 0.3) is 0 Å². The van der Waals surface area contributed by atoms with Crippen LogP contribution in [0.15, 0.2) is 18.2 Å². The van der Waals surface area contributed by atoms with E-state index in [2.05, 4.69) is 11.4 Å². The van der Waals surface area contributed by atoms with E-state index in [-0.39, 0.29) is 23.6 Å². The quantitative estimate of drug-likeness (QED) is 0.878. The summed E-state index contributed by atoms with van der Waals surface area (Å²) in [5.74, 6) is -0.575. The Labute approximate surface area is 114 Å². The average Bonchev–Trinajstić information content (AvgIpc) is 2.38. The minimum Gasteiger partial charge on any atom is -0.393 e. The highest BCUT2D eigenvalue weighted by atomic mass is 19.4. The van der Waals surface area contributed by atoms with Crippen molar-refractivity contribution >= 4 is 11.6 Å². The molecule has 0 aromatic heterocycles. The van der Waals surface area contributed by atoms with Crippen LogP contribution in [0.25, 0.3) is 0 Å². The van der Waals surface area contributed by atoms with Crippen LogP contribution in [0, 0.1) is 12.0 Å². The maximum absolute atomic E-state index is 12.5. The van der Waals surface area contributed by atoms with Crippen molar-refractivity contribution in [3.05, 3.63) is 29.8 Å². The molecule has 3 nitrogen and oxygen atoms in total. The summed E-state index contributed by atoms with van der Waals surface area (Å²) >= 11 is 0. The molecule has 20 heavy (non-hydrogen) atoms. The number of alkyl halides is 3. The van der Waals surface area contributed by atoms with Gasteiger partial charge in [-0.25, -0.2) is 0 Å². The second-order valence-electron chi connectivity index (χ2n) is 4.98. The predicted octanol–water partition coefficient (Wildman–Crippen LogP) is 3.00. The lowest BCUT2D eigenvalue weighted by atomic mass is 9.87.